The lowest BCUT2D eigenvalue weighted by molar-refractivity contribution is 0.127. The number of nitrogens with zero attached hydrogens (tertiary/aromatic N) is 2. The van der Waals surface area contributed by atoms with Crippen LogP contribution in [-0.4, -0.2) is 21.8 Å². The lowest BCUT2D eigenvalue weighted by Crippen LogP contribution is -2.07. The molecule has 0 spiro atoms. The molecule has 3 N–H and O–H groups in total. The predicted octanol–water partition coefficient (Wildman–Crippen LogP) is 1.18. The number of aliphatic hydroxyl groups excluding tert-OH is 1. The molecule has 5 nitrogen and oxygen atoms in total. The predicted molar refractivity (Wildman–Crippen MR) is 62.1 cm³/mol. The average Bonchev–Trinajstić information content (AvgIpc) is 2.81. The number of halogens is 1. The second kappa shape index (κ2) is 5.70. The van der Waals surface area contributed by atoms with Gasteiger partial charge in [0.2, 0.25) is 0 Å². The SMILES string of the molecule is NCCC(O)c1nc(Cc2ccc(F)cc2)no1. The van der Waals surface area contributed by atoms with Gasteiger partial charge in [0.25, 0.3) is 5.89 Å². The highest BCUT2D eigenvalue weighted by Gasteiger charge is 2.15. The van der Waals surface area contributed by atoms with Crippen molar-refractivity contribution in [1.82, 2.24) is 10.1 Å². The molecule has 0 bridgehead atoms. The van der Waals surface area contributed by atoms with Crippen LogP contribution < -0.4 is 5.73 Å². The van der Waals surface area contributed by atoms with Gasteiger partial charge in [-0.1, -0.05) is 17.3 Å². The van der Waals surface area contributed by atoms with E-state index in [9.17, 15) is 9.50 Å². The smallest absolute Gasteiger partial charge is 0.255 e. The van der Waals surface area contributed by atoms with Crippen molar-refractivity contribution < 1.29 is 14.0 Å². The first-order chi connectivity index (χ1) is 8.69. The van der Waals surface area contributed by atoms with E-state index >= 15 is 0 Å². The molecule has 1 aromatic heterocycles. The second-order valence-electron chi connectivity index (χ2n) is 3.95. The maximum Gasteiger partial charge on any atom is 0.255 e. The van der Waals surface area contributed by atoms with Crippen LogP contribution in [0.4, 0.5) is 4.39 Å². The maximum absolute atomic E-state index is 12.7. The van der Waals surface area contributed by atoms with E-state index in [1.165, 1.54) is 12.1 Å². The van der Waals surface area contributed by atoms with Crippen LogP contribution in [-0.2, 0) is 6.42 Å². The van der Waals surface area contributed by atoms with Gasteiger partial charge in [-0.25, -0.2) is 4.39 Å². The molecule has 0 aliphatic rings. The average molecular weight is 251 g/mol. The number of nitrogens with two attached hydrogens (primary N) is 1. The summed E-state index contributed by atoms with van der Waals surface area (Å²) >= 11 is 0. The monoisotopic (exact) mass is 251 g/mol. The minimum absolute atomic E-state index is 0.164. The van der Waals surface area contributed by atoms with E-state index in [0.717, 1.165) is 5.56 Å². The normalized spacial score (nSPS) is 12.6. The molecule has 6 heteroatoms. The fourth-order valence-electron chi connectivity index (χ4n) is 1.54. The van der Waals surface area contributed by atoms with E-state index in [1.54, 1.807) is 12.1 Å². The fourth-order valence-corrected chi connectivity index (χ4v) is 1.54. The first kappa shape index (κ1) is 12.7. The van der Waals surface area contributed by atoms with Crippen LogP contribution in [0.15, 0.2) is 28.8 Å². The number of benzene rings is 1. The molecule has 0 saturated heterocycles. The fraction of sp³-hybridized carbons (Fsp3) is 0.333. The zero-order valence-corrected chi connectivity index (χ0v) is 9.71. The van der Waals surface area contributed by atoms with Crippen LogP contribution in [0, 0.1) is 5.82 Å². The van der Waals surface area contributed by atoms with Crippen LogP contribution in [0.5, 0.6) is 0 Å². The minimum Gasteiger partial charge on any atom is -0.383 e. The third-order valence-corrected chi connectivity index (χ3v) is 2.48. The summed E-state index contributed by atoms with van der Waals surface area (Å²) in [5.41, 5.74) is 6.20. The Bertz CT molecular complexity index is 498. The molecule has 2 rings (SSSR count). The molecule has 0 fully saturated rings. The lowest BCUT2D eigenvalue weighted by atomic mass is 10.1. The summed E-state index contributed by atoms with van der Waals surface area (Å²) in [6, 6.07) is 6.06. The van der Waals surface area contributed by atoms with Crippen LogP contribution in [0.25, 0.3) is 0 Å². The van der Waals surface area contributed by atoms with Gasteiger partial charge in [-0.2, -0.15) is 4.98 Å². The molecule has 1 heterocycles. The van der Waals surface area contributed by atoms with E-state index in [1.807, 2.05) is 0 Å². The Morgan fingerprint density at radius 2 is 2.06 bits per heavy atom. The van der Waals surface area contributed by atoms with Gasteiger partial charge >= 0.3 is 0 Å². The van der Waals surface area contributed by atoms with Gasteiger partial charge in [0, 0.05) is 6.42 Å². The van der Waals surface area contributed by atoms with E-state index in [0.29, 0.717) is 25.2 Å². The third-order valence-electron chi connectivity index (χ3n) is 2.48. The van der Waals surface area contributed by atoms with Crippen molar-refractivity contribution in [1.29, 1.82) is 0 Å². The minimum atomic E-state index is -0.829. The van der Waals surface area contributed by atoms with Gasteiger partial charge in [0.15, 0.2) is 5.82 Å². The second-order valence-corrected chi connectivity index (χ2v) is 3.95. The number of hydrogen-bond acceptors (Lipinski definition) is 5. The van der Waals surface area contributed by atoms with Crippen molar-refractivity contribution in [3.63, 3.8) is 0 Å². The molecule has 0 amide bonds. The molecule has 1 atom stereocenters. The molecular weight excluding hydrogens is 237 g/mol. The standard InChI is InChI=1S/C12H14FN3O2/c13-9-3-1-8(2-4-9)7-11-15-12(18-16-11)10(17)5-6-14/h1-4,10,17H,5-7,14H2. The van der Waals surface area contributed by atoms with Crippen LogP contribution in [0.1, 0.15) is 29.8 Å². The van der Waals surface area contributed by atoms with Gasteiger partial charge < -0.3 is 15.4 Å². The van der Waals surface area contributed by atoms with Crippen molar-refractivity contribution in [2.24, 2.45) is 5.73 Å². The first-order valence-corrected chi connectivity index (χ1v) is 5.64. The van der Waals surface area contributed by atoms with Gasteiger partial charge in [0.1, 0.15) is 11.9 Å². The molecule has 0 aliphatic carbocycles. The summed E-state index contributed by atoms with van der Waals surface area (Å²) < 4.78 is 17.7. The topological polar surface area (TPSA) is 85.2 Å². The highest BCUT2D eigenvalue weighted by molar-refractivity contribution is 5.19. The summed E-state index contributed by atoms with van der Waals surface area (Å²) in [6.07, 6.45) is -0.0263. The molecule has 2 aromatic rings. The molecule has 1 aromatic carbocycles. The van der Waals surface area contributed by atoms with Gasteiger partial charge in [-0.3, -0.25) is 0 Å². The van der Waals surface area contributed by atoms with Gasteiger partial charge in [0.05, 0.1) is 0 Å². The molecule has 0 radical (unpaired) electrons. The third kappa shape index (κ3) is 3.12. The number of hydrogen-bond donors (Lipinski definition) is 2. The van der Waals surface area contributed by atoms with Crippen molar-refractivity contribution in [3.8, 4) is 0 Å². The van der Waals surface area contributed by atoms with Gasteiger partial charge in [-0.15, -0.1) is 0 Å². The van der Waals surface area contributed by atoms with Crippen molar-refractivity contribution in [2.75, 3.05) is 6.54 Å². The van der Waals surface area contributed by atoms with Crippen LogP contribution in [0.3, 0.4) is 0 Å². The summed E-state index contributed by atoms with van der Waals surface area (Å²) in [5, 5.41) is 13.4. The molecule has 0 saturated carbocycles. The molecular formula is C12H14FN3O2. The highest BCUT2D eigenvalue weighted by Crippen LogP contribution is 2.15. The van der Waals surface area contributed by atoms with Crippen molar-refractivity contribution >= 4 is 0 Å². The zero-order valence-electron chi connectivity index (χ0n) is 9.71. The van der Waals surface area contributed by atoms with Crippen molar-refractivity contribution in [2.45, 2.75) is 18.9 Å². The molecule has 1 unspecified atom stereocenters. The first-order valence-electron chi connectivity index (χ1n) is 5.64. The number of aromatic nitrogens is 2. The molecule has 0 aliphatic heterocycles. The van der Waals surface area contributed by atoms with E-state index in [2.05, 4.69) is 10.1 Å². The Kier molecular flexibility index (Phi) is 4.01. The van der Waals surface area contributed by atoms with E-state index in [-0.39, 0.29) is 11.7 Å². The quantitative estimate of drug-likeness (QED) is 0.833. The van der Waals surface area contributed by atoms with Crippen LogP contribution >= 0.6 is 0 Å². The number of rotatable bonds is 5. The number of aliphatic hydroxyl groups is 1. The van der Waals surface area contributed by atoms with Crippen molar-refractivity contribution in [3.05, 3.63) is 47.4 Å². The van der Waals surface area contributed by atoms with E-state index < -0.39 is 6.10 Å². The summed E-state index contributed by atoms with van der Waals surface area (Å²) in [5.74, 6) is 0.330. The Balaban J connectivity index is 2.04. The molecule has 96 valence electrons. The summed E-state index contributed by atoms with van der Waals surface area (Å²) in [4.78, 5) is 4.07. The Morgan fingerprint density at radius 3 is 2.72 bits per heavy atom. The molecule has 18 heavy (non-hydrogen) atoms. The van der Waals surface area contributed by atoms with E-state index in [4.69, 9.17) is 10.3 Å². The Labute approximate surface area is 103 Å². The Morgan fingerprint density at radius 1 is 1.33 bits per heavy atom. The lowest BCUT2D eigenvalue weighted by Gasteiger charge is -2.01. The highest BCUT2D eigenvalue weighted by atomic mass is 19.1. The van der Waals surface area contributed by atoms with Gasteiger partial charge in [-0.05, 0) is 30.7 Å². The summed E-state index contributed by atoms with van der Waals surface area (Å²) in [7, 11) is 0. The summed E-state index contributed by atoms with van der Waals surface area (Å²) in [6.45, 7) is 0.344. The van der Waals surface area contributed by atoms with Crippen LogP contribution in [0.2, 0.25) is 0 Å². The Hall–Kier alpha value is -1.79. The zero-order chi connectivity index (χ0) is 13.0. The maximum atomic E-state index is 12.7. The largest absolute Gasteiger partial charge is 0.383 e.